The van der Waals surface area contributed by atoms with Gasteiger partial charge in [-0.1, -0.05) is 36.4 Å². The van der Waals surface area contributed by atoms with Gasteiger partial charge < -0.3 is 10.6 Å². The number of hydrogen-bond donors (Lipinski definition) is 2. The minimum Gasteiger partial charge on any atom is -0.356 e. The molecule has 0 radical (unpaired) electrons. The number of hydrogen-bond acceptors (Lipinski definition) is 2. The van der Waals surface area contributed by atoms with Gasteiger partial charge in [-0.05, 0) is 23.4 Å². The van der Waals surface area contributed by atoms with E-state index in [2.05, 4.69) is 57.4 Å². The van der Waals surface area contributed by atoms with Crippen molar-refractivity contribution in [2.24, 2.45) is 4.99 Å². The van der Waals surface area contributed by atoms with Gasteiger partial charge in [0.05, 0.1) is 6.54 Å². The molecule has 0 unspecified atom stereocenters. The Labute approximate surface area is 118 Å². The average Bonchev–Trinajstić information content (AvgIpc) is 2.97. The fraction of sp³-hybridized carbons (Fsp3) is 0.267. The first-order chi connectivity index (χ1) is 9.38. The van der Waals surface area contributed by atoms with Crippen LogP contribution in [0.15, 0.2) is 52.8 Å². The standard InChI is InChI=1S/C15H19N3S/c1-16-15(18-12-14-8-5-11-19-14)17-10-9-13-6-3-2-4-7-13/h2-8,11H,9-10,12H2,1H3,(H2,16,17,18). The Balaban J connectivity index is 1.71. The van der Waals surface area contributed by atoms with Crippen LogP contribution in [0.1, 0.15) is 10.4 Å². The molecular formula is C15H19N3S. The molecule has 0 aliphatic carbocycles. The summed E-state index contributed by atoms with van der Waals surface area (Å²) in [6, 6.07) is 14.6. The van der Waals surface area contributed by atoms with Crippen molar-refractivity contribution in [1.29, 1.82) is 0 Å². The normalized spacial score (nSPS) is 11.3. The molecule has 0 fully saturated rings. The average molecular weight is 273 g/mol. The van der Waals surface area contributed by atoms with Crippen LogP contribution in [0.3, 0.4) is 0 Å². The Morgan fingerprint density at radius 1 is 1.11 bits per heavy atom. The Morgan fingerprint density at radius 2 is 1.95 bits per heavy atom. The lowest BCUT2D eigenvalue weighted by molar-refractivity contribution is 0.799. The molecule has 0 bridgehead atoms. The van der Waals surface area contributed by atoms with Crippen LogP contribution in [0.4, 0.5) is 0 Å². The summed E-state index contributed by atoms with van der Waals surface area (Å²) in [5.41, 5.74) is 1.34. The van der Waals surface area contributed by atoms with Crippen molar-refractivity contribution in [1.82, 2.24) is 10.6 Å². The van der Waals surface area contributed by atoms with Crippen molar-refractivity contribution in [3.8, 4) is 0 Å². The van der Waals surface area contributed by atoms with Gasteiger partial charge in [-0.2, -0.15) is 0 Å². The maximum Gasteiger partial charge on any atom is 0.191 e. The molecule has 4 heteroatoms. The molecule has 1 aromatic carbocycles. The third-order valence-electron chi connectivity index (χ3n) is 2.78. The highest BCUT2D eigenvalue weighted by Crippen LogP contribution is 2.07. The molecule has 0 spiro atoms. The van der Waals surface area contributed by atoms with Crippen molar-refractivity contribution in [3.05, 3.63) is 58.3 Å². The van der Waals surface area contributed by atoms with Gasteiger partial charge in [0.15, 0.2) is 5.96 Å². The number of nitrogens with zero attached hydrogens (tertiary/aromatic N) is 1. The molecule has 100 valence electrons. The van der Waals surface area contributed by atoms with Crippen LogP contribution in [-0.4, -0.2) is 19.6 Å². The van der Waals surface area contributed by atoms with Gasteiger partial charge in [-0.25, -0.2) is 0 Å². The van der Waals surface area contributed by atoms with Crippen LogP contribution in [0.25, 0.3) is 0 Å². The fourth-order valence-corrected chi connectivity index (χ4v) is 2.42. The van der Waals surface area contributed by atoms with Crippen LogP contribution in [0.5, 0.6) is 0 Å². The zero-order valence-corrected chi connectivity index (χ0v) is 11.9. The van der Waals surface area contributed by atoms with Gasteiger partial charge in [0.25, 0.3) is 0 Å². The number of rotatable bonds is 5. The molecule has 0 aliphatic rings. The summed E-state index contributed by atoms with van der Waals surface area (Å²) in [6.07, 6.45) is 1.00. The summed E-state index contributed by atoms with van der Waals surface area (Å²) in [4.78, 5) is 5.53. The van der Waals surface area contributed by atoms with E-state index in [1.807, 2.05) is 6.07 Å². The van der Waals surface area contributed by atoms with Gasteiger partial charge in [0.2, 0.25) is 0 Å². The van der Waals surface area contributed by atoms with E-state index in [1.54, 1.807) is 18.4 Å². The maximum atomic E-state index is 4.22. The molecule has 1 heterocycles. The zero-order valence-electron chi connectivity index (χ0n) is 11.1. The number of benzene rings is 1. The van der Waals surface area contributed by atoms with E-state index < -0.39 is 0 Å². The topological polar surface area (TPSA) is 36.4 Å². The van der Waals surface area contributed by atoms with Crippen LogP contribution in [0.2, 0.25) is 0 Å². The molecule has 0 amide bonds. The molecule has 0 aliphatic heterocycles. The molecule has 2 N–H and O–H groups in total. The van der Waals surface area contributed by atoms with E-state index in [-0.39, 0.29) is 0 Å². The van der Waals surface area contributed by atoms with E-state index in [0.717, 1.165) is 25.5 Å². The van der Waals surface area contributed by atoms with Gasteiger partial charge in [-0.15, -0.1) is 11.3 Å². The van der Waals surface area contributed by atoms with Gasteiger partial charge in [-0.3, -0.25) is 4.99 Å². The lowest BCUT2D eigenvalue weighted by atomic mass is 10.1. The molecule has 2 aromatic rings. The second-order valence-electron chi connectivity index (χ2n) is 4.17. The summed E-state index contributed by atoms with van der Waals surface area (Å²) in [5.74, 6) is 0.851. The monoisotopic (exact) mass is 273 g/mol. The summed E-state index contributed by atoms with van der Waals surface area (Å²) in [7, 11) is 1.80. The van der Waals surface area contributed by atoms with E-state index in [0.29, 0.717) is 0 Å². The SMILES string of the molecule is CN=C(NCCc1ccccc1)NCc1cccs1. The Kier molecular flexibility index (Phi) is 5.44. The second-order valence-corrected chi connectivity index (χ2v) is 5.20. The van der Waals surface area contributed by atoms with E-state index in [9.17, 15) is 0 Å². The highest BCUT2D eigenvalue weighted by atomic mass is 32.1. The van der Waals surface area contributed by atoms with Crippen LogP contribution < -0.4 is 10.6 Å². The van der Waals surface area contributed by atoms with Crippen molar-refractivity contribution in [2.45, 2.75) is 13.0 Å². The molecule has 0 saturated heterocycles. The Bertz CT molecular complexity index is 491. The van der Waals surface area contributed by atoms with Crippen LogP contribution in [0, 0.1) is 0 Å². The van der Waals surface area contributed by atoms with E-state index in [1.165, 1.54) is 10.4 Å². The lowest BCUT2D eigenvalue weighted by Gasteiger charge is -2.11. The zero-order chi connectivity index (χ0) is 13.3. The summed E-state index contributed by atoms with van der Waals surface area (Å²) >= 11 is 1.75. The molecule has 0 saturated carbocycles. The molecule has 1 aromatic heterocycles. The fourth-order valence-electron chi connectivity index (χ4n) is 1.77. The highest BCUT2D eigenvalue weighted by Gasteiger charge is 1.98. The Hall–Kier alpha value is -1.81. The highest BCUT2D eigenvalue weighted by molar-refractivity contribution is 7.09. The molecule has 0 atom stereocenters. The quantitative estimate of drug-likeness (QED) is 0.649. The largest absolute Gasteiger partial charge is 0.356 e. The second kappa shape index (κ2) is 7.59. The van der Waals surface area contributed by atoms with Crippen molar-refractivity contribution in [2.75, 3.05) is 13.6 Å². The summed E-state index contributed by atoms with van der Waals surface area (Å²) in [5, 5.41) is 8.72. The lowest BCUT2D eigenvalue weighted by Crippen LogP contribution is -2.37. The van der Waals surface area contributed by atoms with E-state index in [4.69, 9.17) is 0 Å². The first-order valence-corrected chi connectivity index (χ1v) is 7.27. The van der Waals surface area contributed by atoms with Gasteiger partial charge in [0.1, 0.15) is 0 Å². The van der Waals surface area contributed by atoms with E-state index >= 15 is 0 Å². The van der Waals surface area contributed by atoms with Crippen molar-refractivity contribution < 1.29 is 0 Å². The van der Waals surface area contributed by atoms with Crippen molar-refractivity contribution >= 4 is 17.3 Å². The predicted molar refractivity (Wildman–Crippen MR) is 82.7 cm³/mol. The minimum atomic E-state index is 0.822. The number of thiophene rings is 1. The first-order valence-electron chi connectivity index (χ1n) is 6.39. The third-order valence-corrected chi connectivity index (χ3v) is 3.66. The molecule has 2 rings (SSSR count). The molecule has 3 nitrogen and oxygen atoms in total. The van der Waals surface area contributed by atoms with Crippen molar-refractivity contribution in [3.63, 3.8) is 0 Å². The van der Waals surface area contributed by atoms with Crippen LogP contribution >= 0.6 is 11.3 Å². The smallest absolute Gasteiger partial charge is 0.191 e. The minimum absolute atomic E-state index is 0.822. The number of guanidine groups is 1. The van der Waals surface area contributed by atoms with Crippen LogP contribution in [-0.2, 0) is 13.0 Å². The van der Waals surface area contributed by atoms with Gasteiger partial charge in [0, 0.05) is 18.5 Å². The maximum absolute atomic E-state index is 4.22. The summed E-state index contributed by atoms with van der Waals surface area (Å²) < 4.78 is 0. The molecule has 19 heavy (non-hydrogen) atoms. The predicted octanol–water partition coefficient (Wildman–Crippen LogP) is 2.66. The van der Waals surface area contributed by atoms with Gasteiger partial charge >= 0.3 is 0 Å². The number of aliphatic imine (C=N–C) groups is 1. The molecular weight excluding hydrogens is 254 g/mol. The third kappa shape index (κ3) is 4.75. The first kappa shape index (κ1) is 13.6. The summed E-state index contributed by atoms with van der Waals surface area (Å²) in [6.45, 7) is 1.71. The number of nitrogens with one attached hydrogen (secondary N) is 2. The Morgan fingerprint density at radius 3 is 2.63 bits per heavy atom.